The summed E-state index contributed by atoms with van der Waals surface area (Å²) in [6, 6.07) is 19.7. The number of para-hydroxylation sites is 1. The first-order chi connectivity index (χ1) is 10.4. The highest BCUT2D eigenvalue weighted by atomic mass is 32.2. The Morgan fingerprint density at radius 2 is 1.81 bits per heavy atom. The zero-order valence-corrected chi connectivity index (χ0v) is 13.5. The molecule has 1 nitrogen and oxygen atoms in total. The predicted molar refractivity (Wildman–Crippen MR) is 93.4 cm³/mol. The number of anilines is 1. The number of benzene rings is 2. The maximum absolute atomic E-state index is 2.56. The fourth-order valence-electron chi connectivity index (χ4n) is 2.92. The SMILES string of the molecule is CCCCN(CC1Cc2ccccc2S1)c1ccccc1. The van der Waals surface area contributed by atoms with Crippen LogP contribution in [0.1, 0.15) is 25.3 Å². The fraction of sp³-hybridized carbons (Fsp3) is 0.368. The van der Waals surface area contributed by atoms with Gasteiger partial charge in [0.25, 0.3) is 0 Å². The maximum Gasteiger partial charge on any atom is 0.0366 e. The molecule has 1 unspecified atom stereocenters. The van der Waals surface area contributed by atoms with E-state index in [1.165, 1.54) is 35.4 Å². The first-order valence-corrected chi connectivity index (χ1v) is 8.79. The smallest absolute Gasteiger partial charge is 0.0366 e. The average molecular weight is 297 g/mol. The van der Waals surface area contributed by atoms with Crippen LogP contribution >= 0.6 is 11.8 Å². The molecule has 0 N–H and O–H groups in total. The van der Waals surface area contributed by atoms with E-state index in [2.05, 4.69) is 78.2 Å². The maximum atomic E-state index is 2.56. The molecule has 0 fully saturated rings. The van der Waals surface area contributed by atoms with Crippen molar-refractivity contribution in [2.24, 2.45) is 0 Å². The average Bonchev–Trinajstić information content (AvgIpc) is 2.94. The van der Waals surface area contributed by atoms with E-state index in [1.54, 1.807) is 0 Å². The Hall–Kier alpha value is -1.41. The summed E-state index contributed by atoms with van der Waals surface area (Å²) in [4.78, 5) is 4.04. The summed E-state index contributed by atoms with van der Waals surface area (Å²) in [6.07, 6.45) is 3.72. The Kier molecular flexibility index (Phi) is 4.87. The summed E-state index contributed by atoms with van der Waals surface area (Å²) in [5.74, 6) is 0. The molecular weight excluding hydrogens is 274 g/mol. The van der Waals surface area contributed by atoms with Crippen molar-refractivity contribution in [3.8, 4) is 0 Å². The van der Waals surface area contributed by atoms with Crippen LogP contribution in [0.5, 0.6) is 0 Å². The minimum atomic E-state index is 0.680. The summed E-state index contributed by atoms with van der Waals surface area (Å²) < 4.78 is 0. The lowest BCUT2D eigenvalue weighted by Gasteiger charge is -2.27. The van der Waals surface area contributed by atoms with Crippen LogP contribution in [0.15, 0.2) is 59.5 Å². The van der Waals surface area contributed by atoms with E-state index in [1.807, 2.05) is 0 Å². The summed E-state index contributed by atoms with van der Waals surface area (Å²) in [7, 11) is 0. The minimum absolute atomic E-state index is 0.680. The molecule has 1 heterocycles. The van der Waals surface area contributed by atoms with Crippen molar-refractivity contribution in [2.45, 2.75) is 36.3 Å². The Bertz CT molecular complexity index is 542. The van der Waals surface area contributed by atoms with E-state index in [0.29, 0.717) is 5.25 Å². The molecule has 0 aromatic heterocycles. The molecule has 0 aliphatic carbocycles. The standard InChI is InChI=1S/C19H23NS/c1-2-3-13-20(17-10-5-4-6-11-17)15-18-14-16-9-7-8-12-19(16)21-18/h4-12,18H,2-3,13-15H2,1H3. The normalized spacial score (nSPS) is 16.7. The van der Waals surface area contributed by atoms with Crippen LogP contribution in [0, 0.1) is 0 Å². The lowest BCUT2D eigenvalue weighted by molar-refractivity contribution is 0.696. The van der Waals surface area contributed by atoms with E-state index in [0.717, 1.165) is 13.1 Å². The second-order valence-corrected chi connectivity index (χ2v) is 7.03. The zero-order valence-electron chi connectivity index (χ0n) is 12.7. The monoisotopic (exact) mass is 297 g/mol. The molecule has 0 saturated heterocycles. The van der Waals surface area contributed by atoms with Gasteiger partial charge in [-0.1, -0.05) is 49.7 Å². The number of thioether (sulfide) groups is 1. The molecule has 1 aliphatic rings. The molecule has 2 heteroatoms. The van der Waals surface area contributed by atoms with Crippen molar-refractivity contribution in [2.75, 3.05) is 18.0 Å². The summed E-state index contributed by atoms with van der Waals surface area (Å²) >= 11 is 2.05. The molecule has 0 spiro atoms. The molecular formula is C19H23NS. The molecule has 110 valence electrons. The lowest BCUT2D eigenvalue weighted by Crippen LogP contribution is -2.31. The molecule has 1 aliphatic heterocycles. The molecule has 0 radical (unpaired) electrons. The van der Waals surface area contributed by atoms with Gasteiger partial charge in [0.2, 0.25) is 0 Å². The molecule has 2 aromatic rings. The summed E-state index contributed by atoms with van der Waals surface area (Å²) in [5.41, 5.74) is 2.89. The second kappa shape index (κ2) is 7.04. The van der Waals surface area contributed by atoms with Gasteiger partial charge in [-0.05, 0) is 36.6 Å². The quantitative estimate of drug-likeness (QED) is 0.737. The highest BCUT2D eigenvalue weighted by molar-refractivity contribution is 8.00. The zero-order chi connectivity index (χ0) is 14.5. The molecule has 0 amide bonds. The molecule has 0 bridgehead atoms. The van der Waals surface area contributed by atoms with E-state index >= 15 is 0 Å². The summed E-state index contributed by atoms with van der Waals surface area (Å²) in [6.45, 7) is 4.57. The second-order valence-electron chi connectivity index (χ2n) is 5.69. The van der Waals surface area contributed by atoms with E-state index in [-0.39, 0.29) is 0 Å². The van der Waals surface area contributed by atoms with Gasteiger partial charge in [-0.3, -0.25) is 0 Å². The van der Waals surface area contributed by atoms with E-state index in [4.69, 9.17) is 0 Å². The third-order valence-corrected chi connectivity index (χ3v) is 5.34. The van der Waals surface area contributed by atoms with Gasteiger partial charge in [0, 0.05) is 28.9 Å². The Morgan fingerprint density at radius 1 is 1.05 bits per heavy atom. The van der Waals surface area contributed by atoms with Crippen molar-refractivity contribution >= 4 is 17.4 Å². The van der Waals surface area contributed by atoms with Crippen molar-refractivity contribution < 1.29 is 0 Å². The fourth-order valence-corrected chi connectivity index (χ4v) is 4.25. The number of hydrogen-bond acceptors (Lipinski definition) is 2. The van der Waals surface area contributed by atoms with Crippen molar-refractivity contribution in [1.29, 1.82) is 0 Å². The third kappa shape index (κ3) is 3.62. The van der Waals surface area contributed by atoms with Gasteiger partial charge in [0.1, 0.15) is 0 Å². The van der Waals surface area contributed by atoms with Crippen molar-refractivity contribution in [3.63, 3.8) is 0 Å². The third-order valence-electron chi connectivity index (χ3n) is 4.04. The Balaban J connectivity index is 1.68. The highest BCUT2D eigenvalue weighted by Gasteiger charge is 2.23. The van der Waals surface area contributed by atoms with Crippen LogP contribution in [-0.4, -0.2) is 18.3 Å². The van der Waals surface area contributed by atoms with E-state index in [9.17, 15) is 0 Å². The number of rotatable bonds is 6. The largest absolute Gasteiger partial charge is 0.370 e. The molecule has 21 heavy (non-hydrogen) atoms. The summed E-state index contributed by atoms with van der Waals surface area (Å²) in [5, 5.41) is 0.680. The first kappa shape index (κ1) is 14.5. The number of hydrogen-bond donors (Lipinski definition) is 0. The van der Waals surface area contributed by atoms with Crippen molar-refractivity contribution in [1.82, 2.24) is 0 Å². The molecule has 3 rings (SSSR count). The molecule has 1 atom stereocenters. The van der Waals surface area contributed by atoms with Gasteiger partial charge in [-0.15, -0.1) is 11.8 Å². The minimum Gasteiger partial charge on any atom is -0.370 e. The van der Waals surface area contributed by atoms with Crippen LogP contribution in [-0.2, 0) is 6.42 Å². The van der Waals surface area contributed by atoms with Gasteiger partial charge in [0.05, 0.1) is 0 Å². The van der Waals surface area contributed by atoms with Gasteiger partial charge in [0.15, 0.2) is 0 Å². The van der Waals surface area contributed by atoms with Gasteiger partial charge >= 0.3 is 0 Å². The molecule has 2 aromatic carbocycles. The van der Waals surface area contributed by atoms with Crippen LogP contribution in [0.25, 0.3) is 0 Å². The van der Waals surface area contributed by atoms with Gasteiger partial charge < -0.3 is 4.90 Å². The van der Waals surface area contributed by atoms with Gasteiger partial charge in [-0.25, -0.2) is 0 Å². The number of unbranched alkanes of at least 4 members (excludes halogenated alkanes) is 1. The topological polar surface area (TPSA) is 3.24 Å². The van der Waals surface area contributed by atoms with Crippen molar-refractivity contribution in [3.05, 3.63) is 60.2 Å². The van der Waals surface area contributed by atoms with Crippen LogP contribution in [0.2, 0.25) is 0 Å². The lowest BCUT2D eigenvalue weighted by atomic mass is 10.1. The van der Waals surface area contributed by atoms with Crippen LogP contribution in [0.3, 0.4) is 0 Å². The predicted octanol–water partition coefficient (Wildman–Crippen LogP) is 5.01. The van der Waals surface area contributed by atoms with Crippen LogP contribution < -0.4 is 4.90 Å². The molecule has 0 saturated carbocycles. The van der Waals surface area contributed by atoms with Gasteiger partial charge in [-0.2, -0.15) is 0 Å². The highest BCUT2D eigenvalue weighted by Crippen LogP contribution is 2.37. The number of fused-ring (bicyclic) bond motifs is 1. The Morgan fingerprint density at radius 3 is 2.57 bits per heavy atom. The Labute approximate surface area is 132 Å². The number of nitrogens with zero attached hydrogens (tertiary/aromatic N) is 1. The van der Waals surface area contributed by atoms with E-state index < -0.39 is 0 Å². The first-order valence-electron chi connectivity index (χ1n) is 7.91. The van der Waals surface area contributed by atoms with Crippen LogP contribution in [0.4, 0.5) is 5.69 Å².